The molecule has 0 aromatic heterocycles. The van der Waals surface area contributed by atoms with Crippen LogP contribution in [-0.4, -0.2) is 12.5 Å². The molecule has 3 nitrogen and oxygen atoms in total. The Morgan fingerprint density at radius 3 is 2.77 bits per heavy atom. The number of amides is 1. The Kier molecular flexibility index (Phi) is 5.55. The molecule has 0 spiro atoms. The van der Waals surface area contributed by atoms with Crippen LogP contribution in [0.5, 0.6) is 5.75 Å². The second-order valence-electron chi connectivity index (χ2n) is 4.39. The largest absolute Gasteiger partial charge is 0.492 e. The topological polar surface area (TPSA) is 38.3 Å². The van der Waals surface area contributed by atoms with Crippen LogP contribution in [0.3, 0.4) is 0 Å². The normalized spacial score (nSPS) is 10.7. The zero-order valence-corrected chi connectivity index (χ0v) is 12.7. The third kappa shape index (κ3) is 4.09. The molecule has 0 aliphatic carbocycles. The molecule has 5 heteroatoms. The molecule has 0 heterocycles. The van der Waals surface area contributed by atoms with Gasteiger partial charge in [-0.1, -0.05) is 29.8 Å². The van der Waals surface area contributed by atoms with Gasteiger partial charge in [-0.05, 0) is 37.3 Å². The lowest BCUT2D eigenvalue weighted by Gasteiger charge is -2.09. The first kappa shape index (κ1) is 16.0. The molecule has 1 amide bonds. The van der Waals surface area contributed by atoms with Crippen LogP contribution < -0.4 is 10.1 Å². The summed E-state index contributed by atoms with van der Waals surface area (Å²) >= 11 is 5.90. The van der Waals surface area contributed by atoms with Crippen LogP contribution in [0.25, 0.3) is 6.08 Å². The summed E-state index contributed by atoms with van der Waals surface area (Å²) in [6.45, 7) is 2.35. The van der Waals surface area contributed by atoms with Gasteiger partial charge in [-0.15, -0.1) is 0 Å². The highest BCUT2D eigenvalue weighted by atomic mass is 35.5. The van der Waals surface area contributed by atoms with Crippen molar-refractivity contribution >= 4 is 29.3 Å². The van der Waals surface area contributed by atoms with Crippen LogP contribution in [0.4, 0.5) is 10.1 Å². The smallest absolute Gasteiger partial charge is 0.248 e. The van der Waals surface area contributed by atoms with E-state index in [1.54, 1.807) is 24.3 Å². The molecule has 0 fully saturated rings. The van der Waals surface area contributed by atoms with Gasteiger partial charge in [0.2, 0.25) is 5.91 Å². The van der Waals surface area contributed by atoms with E-state index in [1.165, 1.54) is 24.3 Å². The number of anilines is 1. The fraction of sp³-hybridized carbons (Fsp3) is 0.118. The maximum Gasteiger partial charge on any atom is 0.248 e. The fourth-order valence-corrected chi connectivity index (χ4v) is 2.08. The lowest BCUT2D eigenvalue weighted by atomic mass is 10.2. The van der Waals surface area contributed by atoms with Crippen LogP contribution in [-0.2, 0) is 4.79 Å². The van der Waals surface area contributed by atoms with E-state index in [4.69, 9.17) is 16.3 Å². The van der Waals surface area contributed by atoms with Crippen molar-refractivity contribution in [2.45, 2.75) is 6.92 Å². The molecule has 114 valence electrons. The van der Waals surface area contributed by atoms with Gasteiger partial charge in [-0.2, -0.15) is 0 Å². The summed E-state index contributed by atoms with van der Waals surface area (Å²) in [4.78, 5) is 11.9. The molecule has 22 heavy (non-hydrogen) atoms. The van der Waals surface area contributed by atoms with E-state index in [0.717, 1.165) is 0 Å². The van der Waals surface area contributed by atoms with Crippen molar-refractivity contribution in [3.8, 4) is 5.75 Å². The maximum atomic E-state index is 13.6. The summed E-state index contributed by atoms with van der Waals surface area (Å²) in [7, 11) is 0. The lowest BCUT2D eigenvalue weighted by Crippen LogP contribution is -2.09. The molecular formula is C17H15ClFNO2. The molecule has 2 aromatic rings. The number of hydrogen-bond acceptors (Lipinski definition) is 2. The number of ether oxygens (including phenoxy) is 1. The minimum absolute atomic E-state index is 0.178. The number of rotatable bonds is 5. The zero-order valence-electron chi connectivity index (χ0n) is 12.0. The SMILES string of the molecule is CCOc1ccccc1NC(=O)C=Cc1c(F)cccc1Cl. The maximum absolute atomic E-state index is 13.6. The molecule has 0 aliphatic rings. The first-order chi connectivity index (χ1) is 10.6. The van der Waals surface area contributed by atoms with Gasteiger partial charge in [0, 0.05) is 11.6 Å². The molecule has 0 saturated heterocycles. The summed E-state index contributed by atoms with van der Waals surface area (Å²) in [5.41, 5.74) is 0.732. The van der Waals surface area contributed by atoms with Gasteiger partial charge in [-0.3, -0.25) is 4.79 Å². The Balaban J connectivity index is 2.12. The number of benzene rings is 2. The van der Waals surface area contributed by atoms with Crippen LogP contribution in [0.2, 0.25) is 5.02 Å². The Hall–Kier alpha value is -2.33. The number of para-hydroxylation sites is 2. The average molecular weight is 320 g/mol. The van der Waals surface area contributed by atoms with E-state index < -0.39 is 11.7 Å². The van der Waals surface area contributed by atoms with Gasteiger partial charge in [0.25, 0.3) is 0 Å². The highest BCUT2D eigenvalue weighted by Gasteiger charge is 2.06. The van der Waals surface area contributed by atoms with E-state index >= 15 is 0 Å². The van der Waals surface area contributed by atoms with E-state index in [1.807, 2.05) is 13.0 Å². The molecular weight excluding hydrogens is 305 g/mol. The average Bonchev–Trinajstić information content (AvgIpc) is 2.49. The first-order valence-corrected chi connectivity index (χ1v) is 7.14. The van der Waals surface area contributed by atoms with E-state index in [2.05, 4.69) is 5.32 Å². The van der Waals surface area contributed by atoms with Crippen molar-refractivity contribution in [1.29, 1.82) is 0 Å². The highest BCUT2D eigenvalue weighted by molar-refractivity contribution is 6.32. The number of carbonyl (C=O) groups is 1. The van der Waals surface area contributed by atoms with Crippen LogP contribution in [0, 0.1) is 5.82 Å². The Morgan fingerprint density at radius 1 is 1.27 bits per heavy atom. The summed E-state index contributed by atoms with van der Waals surface area (Å²) in [6, 6.07) is 11.4. The van der Waals surface area contributed by atoms with E-state index in [-0.39, 0.29) is 10.6 Å². The third-order valence-corrected chi connectivity index (χ3v) is 3.18. The number of halogens is 2. The lowest BCUT2D eigenvalue weighted by molar-refractivity contribution is -0.111. The van der Waals surface area contributed by atoms with Crippen molar-refractivity contribution in [1.82, 2.24) is 0 Å². The second-order valence-corrected chi connectivity index (χ2v) is 4.79. The van der Waals surface area contributed by atoms with Gasteiger partial charge in [0.15, 0.2) is 0 Å². The fourth-order valence-electron chi connectivity index (χ4n) is 1.85. The van der Waals surface area contributed by atoms with Gasteiger partial charge >= 0.3 is 0 Å². The van der Waals surface area contributed by atoms with Crippen LogP contribution in [0.1, 0.15) is 12.5 Å². The minimum atomic E-state index is -0.480. The van der Waals surface area contributed by atoms with Crippen molar-refractivity contribution in [2.75, 3.05) is 11.9 Å². The molecule has 0 bridgehead atoms. The third-order valence-electron chi connectivity index (χ3n) is 2.85. The summed E-state index contributed by atoms with van der Waals surface area (Å²) in [5, 5.41) is 2.94. The van der Waals surface area contributed by atoms with E-state index in [0.29, 0.717) is 18.0 Å². The Labute approximate surface area is 133 Å². The van der Waals surface area contributed by atoms with Crippen LogP contribution >= 0.6 is 11.6 Å². The molecule has 2 aromatic carbocycles. The monoisotopic (exact) mass is 319 g/mol. The summed E-state index contributed by atoms with van der Waals surface area (Å²) in [6.07, 6.45) is 2.57. The Morgan fingerprint density at radius 2 is 2.05 bits per heavy atom. The molecule has 2 rings (SSSR count). The number of nitrogens with one attached hydrogen (secondary N) is 1. The standard InChI is InChI=1S/C17H15ClFNO2/c1-2-22-16-9-4-3-8-15(16)20-17(21)11-10-12-13(18)6-5-7-14(12)19/h3-11H,2H2,1H3,(H,20,21). The molecule has 0 radical (unpaired) electrons. The van der Waals surface area contributed by atoms with Gasteiger partial charge in [0.05, 0.1) is 17.3 Å². The predicted molar refractivity (Wildman–Crippen MR) is 86.7 cm³/mol. The highest BCUT2D eigenvalue weighted by Crippen LogP contribution is 2.24. The van der Waals surface area contributed by atoms with Crippen molar-refractivity contribution in [2.24, 2.45) is 0 Å². The van der Waals surface area contributed by atoms with Gasteiger partial charge < -0.3 is 10.1 Å². The van der Waals surface area contributed by atoms with Crippen molar-refractivity contribution in [3.63, 3.8) is 0 Å². The van der Waals surface area contributed by atoms with Gasteiger partial charge in [0.1, 0.15) is 11.6 Å². The quantitative estimate of drug-likeness (QED) is 0.822. The minimum Gasteiger partial charge on any atom is -0.492 e. The molecule has 0 unspecified atom stereocenters. The Bertz CT molecular complexity index is 681. The molecule has 1 N–H and O–H groups in total. The number of hydrogen-bond donors (Lipinski definition) is 1. The summed E-state index contributed by atoms with van der Waals surface area (Å²) < 4.78 is 19.0. The van der Waals surface area contributed by atoms with Crippen molar-refractivity contribution < 1.29 is 13.9 Å². The zero-order chi connectivity index (χ0) is 15.9. The van der Waals surface area contributed by atoms with Gasteiger partial charge in [-0.25, -0.2) is 4.39 Å². The summed E-state index contributed by atoms with van der Waals surface area (Å²) in [5.74, 6) is -0.298. The predicted octanol–water partition coefficient (Wildman–Crippen LogP) is 4.53. The van der Waals surface area contributed by atoms with E-state index in [9.17, 15) is 9.18 Å². The van der Waals surface area contributed by atoms with Crippen LogP contribution in [0.15, 0.2) is 48.5 Å². The van der Waals surface area contributed by atoms with Crippen molar-refractivity contribution in [3.05, 3.63) is 64.9 Å². The second kappa shape index (κ2) is 7.61. The molecule has 0 saturated carbocycles. The number of carbonyl (C=O) groups excluding carboxylic acids is 1. The molecule has 0 atom stereocenters. The first-order valence-electron chi connectivity index (χ1n) is 6.76. The molecule has 0 aliphatic heterocycles.